The van der Waals surface area contributed by atoms with E-state index in [4.69, 9.17) is 5.11 Å². The zero-order chi connectivity index (χ0) is 12.6. The summed E-state index contributed by atoms with van der Waals surface area (Å²) in [7, 11) is 0. The maximum Gasteiger partial charge on any atom is 0.200 e. The molecule has 0 saturated carbocycles. The average molecular weight is 238 g/mol. The zero-order valence-corrected chi connectivity index (χ0v) is 8.97. The van der Waals surface area contributed by atoms with E-state index >= 15 is 0 Å². The highest BCUT2D eigenvalue weighted by atomic mass is 19.2. The van der Waals surface area contributed by atoms with E-state index in [2.05, 4.69) is 0 Å². The van der Waals surface area contributed by atoms with Crippen LogP contribution >= 0.6 is 0 Å². The fourth-order valence-electron chi connectivity index (χ4n) is 1.59. The molecule has 2 rings (SSSR count). The van der Waals surface area contributed by atoms with Crippen molar-refractivity contribution >= 4 is 0 Å². The van der Waals surface area contributed by atoms with Crippen LogP contribution in [0.3, 0.4) is 0 Å². The van der Waals surface area contributed by atoms with Gasteiger partial charge in [-0.3, -0.25) is 0 Å². The lowest BCUT2D eigenvalue weighted by molar-refractivity contribution is 0.407. The van der Waals surface area contributed by atoms with Crippen molar-refractivity contribution in [1.29, 1.82) is 0 Å². The lowest BCUT2D eigenvalue weighted by Gasteiger charge is -2.06. The number of rotatable bonds is 1. The molecule has 0 bridgehead atoms. The molecule has 1 N–H and O–H groups in total. The second-order valence-electron chi connectivity index (χ2n) is 3.77. The van der Waals surface area contributed by atoms with Gasteiger partial charge in [0, 0.05) is 5.56 Å². The minimum absolute atomic E-state index is 0.0996. The Kier molecular flexibility index (Phi) is 2.79. The molecule has 2 aromatic rings. The monoisotopic (exact) mass is 238 g/mol. The molecular weight excluding hydrogens is 229 g/mol. The Morgan fingerprint density at radius 1 is 0.941 bits per heavy atom. The van der Waals surface area contributed by atoms with E-state index in [1.165, 1.54) is 12.1 Å². The maximum absolute atomic E-state index is 13.5. The average Bonchev–Trinajstić information content (AvgIpc) is 2.28. The molecular formula is C13H9F3O. The number of phenols is 1. The van der Waals surface area contributed by atoms with Crippen LogP contribution in [0.15, 0.2) is 30.3 Å². The minimum atomic E-state index is -1.33. The summed E-state index contributed by atoms with van der Waals surface area (Å²) in [5.41, 5.74) is 1.01. The van der Waals surface area contributed by atoms with Gasteiger partial charge in [-0.1, -0.05) is 11.6 Å². The Balaban J connectivity index is 2.64. The van der Waals surface area contributed by atoms with Crippen molar-refractivity contribution in [3.05, 3.63) is 53.3 Å². The van der Waals surface area contributed by atoms with Gasteiger partial charge in [0.2, 0.25) is 0 Å². The summed E-state index contributed by atoms with van der Waals surface area (Å²) in [6, 6.07) is 6.16. The van der Waals surface area contributed by atoms with E-state index in [1.54, 1.807) is 13.0 Å². The summed E-state index contributed by atoms with van der Waals surface area (Å²) in [6.45, 7) is 1.75. The first-order chi connectivity index (χ1) is 7.99. The van der Waals surface area contributed by atoms with Crippen molar-refractivity contribution in [2.24, 2.45) is 0 Å². The van der Waals surface area contributed by atoms with E-state index in [1.807, 2.05) is 0 Å². The largest absolute Gasteiger partial charge is 0.505 e. The van der Waals surface area contributed by atoms with E-state index in [9.17, 15) is 13.2 Å². The number of hydrogen-bond acceptors (Lipinski definition) is 1. The van der Waals surface area contributed by atoms with Gasteiger partial charge >= 0.3 is 0 Å². The molecule has 0 aromatic heterocycles. The molecule has 0 radical (unpaired) electrons. The van der Waals surface area contributed by atoms with Crippen molar-refractivity contribution in [2.75, 3.05) is 0 Å². The van der Waals surface area contributed by atoms with Gasteiger partial charge in [0.05, 0.1) is 0 Å². The zero-order valence-electron chi connectivity index (χ0n) is 8.97. The first-order valence-electron chi connectivity index (χ1n) is 4.93. The molecule has 0 saturated heterocycles. The van der Waals surface area contributed by atoms with Gasteiger partial charge in [0.1, 0.15) is 5.82 Å². The first kappa shape index (κ1) is 11.5. The number of aryl methyl sites for hydroxylation is 1. The molecule has 0 fully saturated rings. The molecule has 88 valence electrons. The van der Waals surface area contributed by atoms with Crippen molar-refractivity contribution in [3.63, 3.8) is 0 Å². The van der Waals surface area contributed by atoms with Crippen LogP contribution in [0.4, 0.5) is 13.2 Å². The van der Waals surface area contributed by atoms with Gasteiger partial charge in [-0.25, -0.2) is 8.78 Å². The number of hydrogen-bond donors (Lipinski definition) is 1. The molecule has 0 amide bonds. The van der Waals surface area contributed by atoms with Gasteiger partial charge < -0.3 is 5.11 Å². The van der Waals surface area contributed by atoms with Crippen molar-refractivity contribution in [2.45, 2.75) is 6.92 Å². The Morgan fingerprint density at radius 3 is 2.29 bits per heavy atom. The summed E-state index contributed by atoms with van der Waals surface area (Å²) in [4.78, 5) is 0. The third-order valence-electron chi connectivity index (χ3n) is 2.44. The summed E-state index contributed by atoms with van der Waals surface area (Å²) in [5.74, 6) is -3.93. The van der Waals surface area contributed by atoms with Crippen LogP contribution in [0.5, 0.6) is 5.75 Å². The topological polar surface area (TPSA) is 20.2 Å². The molecule has 1 nitrogen and oxygen atoms in total. The van der Waals surface area contributed by atoms with Gasteiger partial charge in [0.25, 0.3) is 0 Å². The van der Waals surface area contributed by atoms with Crippen LogP contribution in [0, 0.1) is 24.4 Å². The minimum Gasteiger partial charge on any atom is -0.505 e. The second-order valence-corrected chi connectivity index (χ2v) is 3.77. The first-order valence-corrected chi connectivity index (χ1v) is 4.93. The lowest BCUT2D eigenvalue weighted by Crippen LogP contribution is -1.90. The fourth-order valence-corrected chi connectivity index (χ4v) is 1.59. The van der Waals surface area contributed by atoms with E-state index in [0.29, 0.717) is 0 Å². The number of halogens is 3. The highest BCUT2D eigenvalue weighted by Crippen LogP contribution is 2.30. The predicted molar refractivity (Wildman–Crippen MR) is 58.2 cm³/mol. The molecule has 4 heteroatoms. The third kappa shape index (κ3) is 2.11. The van der Waals surface area contributed by atoms with Gasteiger partial charge in [-0.05, 0) is 36.8 Å². The van der Waals surface area contributed by atoms with Crippen LogP contribution in [0.25, 0.3) is 11.1 Å². The van der Waals surface area contributed by atoms with Gasteiger partial charge in [-0.15, -0.1) is 0 Å². The molecule has 0 aliphatic carbocycles. The van der Waals surface area contributed by atoms with E-state index in [0.717, 1.165) is 17.7 Å². The fraction of sp³-hybridized carbons (Fsp3) is 0.0769. The SMILES string of the molecule is Cc1ccc(F)c(-c2cc(O)c(F)c(F)c2)c1. The smallest absolute Gasteiger partial charge is 0.200 e. The standard InChI is InChI=1S/C13H9F3O/c1-7-2-3-10(14)9(4-7)8-5-11(15)13(16)12(17)6-8/h2-6,17H,1H3. The highest BCUT2D eigenvalue weighted by Gasteiger charge is 2.13. The molecule has 0 heterocycles. The van der Waals surface area contributed by atoms with Crippen molar-refractivity contribution in [3.8, 4) is 16.9 Å². The second kappa shape index (κ2) is 4.13. The highest BCUT2D eigenvalue weighted by molar-refractivity contribution is 5.66. The van der Waals surface area contributed by atoms with Crippen LogP contribution in [-0.2, 0) is 0 Å². The van der Waals surface area contributed by atoms with Crippen LogP contribution < -0.4 is 0 Å². The van der Waals surface area contributed by atoms with Crippen LogP contribution in [0.2, 0.25) is 0 Å². The summed E-state index contributed by atoms with van der Waals surface area (Å²) >= 11 is 0. The van der Waals surface area contributed by atoms with Crippen LogP contribution in [-0.4, -0.2) is 5.11 Å². The molecule has 0 unspecified atom stereocenters. The number of benzene rings is 2. The Hall–Kier alpha value is -1.97. The Labute approximate surface area is 96.1 Å². The Bertz CT molecular complexity index is 556. The number of phenolic OH excluding ortho intramolecular Hbond substituents is 1. The maximum atomic E-state index is 13.5. The normalized spacial score (nSPS) is 10.6. The third-order valence-corrected chi connectivity index (χ3v) is 2.44. The molecule has 0 aliphatic heterocycles. The molecule has 0 aliphatic rings. The van der Waals surface area contributed by atoms with Gasteiger partial charge in [-0.2, -0.15) is 4.39 Å². The predicted octanol–water partition coefficient (Wildman–Crippen LogP) is 3.78. The van der Waals surface area contributed by atoms with E-state index < -0.39 is 23.2 Å². The summed E-state index contributed by atoms with van der Waals surface area (Å²) in [6.07, 6.45) is 0. The summed E-state index contributed by atoms with van der Waals surface area (Å²) < 4.78 is 39.5. The van der Waals surface area contributed by atoms with Crippen LogP contribution in [0.1, 0.15) is 5.56 Å². The molecule has 17 heavy (non-hydrogen) atoms. The number of aromatic hydroxyl groups is 1. The quantitative estimate of drug-likeness (QED) is 0.801. The molecule has 0 atom stereocenters. The van der Waals surface area contributed by atoms with Gasteiger partial charge in [0.15, 0.2) is 17.4 Å². The van der Waals surface area contributed by atoms with Crippen molar-refractivity contribution in [1.82, 2.24) is 0 Å². The van der Waals surface area contributed by atoms with E-state index in [-0.39, 0.29) is 11.1 Å². The Morgan fingerprint density at radius 2 is 1.65 bits per heavy atom. The lowest BCUT2D eigenvalue weighted by atomic mass is 10.0. The van der Waals surface area contributed by atoms with Crippen molar-refractivity contribution < 1.29 is 18.3 Å². The molecule has 2 aromatic carbocycles. The summed E-state index contributed by atoms with van der Waals surface area (Å²) in [5, 5.41) is 9.16. The molecule has 0 spiro atoms.